The van der Waals surface area contributed by atoms with Crippen LogP contribution >= 0.6 is 0 Å². The fourth-order valence-corrected chi connectivity index (χ4v) is 6.19. The summed E-state index contributed by atoms with van der Waals surface area (Å²) in [5.74, 6) is -0.786. The maximum Gasteiger partial charge on any atom is 0.216 e. The third kappa shape index (κ3) is 4.04. The van der Waals surface area contributed by atoms with E-state index in [1.165, 1.54) is 0 Å². The van der Waals surface area contributed by atoms with Crippen molar-refractivity contribution in [2.24, 2.45) is 7.05 Å². The quantitative estimate of drug-likeness (QED) is 0.215. The van der Waals surface area contributed by atoms with Gasteiger partial charge in [0.2, 0.25) is 5.69 Å². The van der Waals surface area contributed by atoms with Gasteiger partial charge in [-0.2, -0.15) is 0 Å². The van der Waals surface area contributed by atoms with E-state index in [0.717, 1.165) is 81.1 Å². The first kappa shape index (κ1) is 22.7. The highest BCUT2D eigenvalue weighted by Gasteiger charge is 2.23. The number of fused-ring (bicyclic) bond motifs is 3. The molecule has 0 amide bonds. The second-order valence-electron chi connectivity index (χ2n) is 10.7. The predicted molar refractivity (Wildman–Crippen MR) is 157 cm³/mol. The first-order valence-corrected chi connectivity index (χ1v) is 13.7. The molecule has 0 radical (unpaired) electrons. The molecule has 0 aliphatic heterocycles. The Hall–Kier alpha value is -4.24. The van der Waals surface area contributed by atoms with Gasteiger partial charge in [-0.1, -0.05) is 73.5 Å². The molecule has 1 saturated carbocycles. The molecule has 4 aromatic carbocycles. The fourth-order valence-electron chi connectivity index (χ4n) is 6.19. The van der Waals surface area contributed by atoms with Crippen LogP contribution in [0.4, 0.5) is 4.39 Å². The van der Waals surface area contributed by atoms with Gasteiger partial charge in [0.15, 0.2) is 6.20 Å². The molecular weight excluding hydrogens is 481 g/mol. The molecule has 0 saturated heterocycles. The van der Waals surface area contributed by atoms with E-state index in [1.807, 2.05) is 61.8 Å². The lowest BCUT2D eigenvalue weighted by molar-refractivity contribution is -0.660. The number of pyridine rings is 1. The van der Waals surface area contributed by atoms with Gasteiger partial charge in [0.05, 0.1) is 11.1 Å². The first-order valence-electron chi connectivity index (χ1n) is 14.2. The van der Waals surface area contributed by atoms with Crippen LogP contribution in [0.2, 0.25) is 0 Å². The van der Waals surface area contributed by atoms with Gasteiger partial charge in [0, 0.05) is 24.3 Å². The van der Waals surface area contributed by atoms with Gasteiger partial charge in [-0.3, -0.25) is 0 Å². The minimum atomic E-state index is -0.482. The predicted octanol–water partition coefficient (Wildman–Crippen LogP) is 9.52. The molecule has 192 valence electrons. The molecule has 2 heterocycles. The molecule has 3 heteroatoms. The van der Waals surface area contributed by atoms with Crippen LogP contribution < -0.4 is 4.57 Å². The molecule has 2 nitrogen and oxygen atoms in total. The number of halogens is 1. The van der Waals surface area contributed by atoms with Crippen LogP contribution in [-0.2, 0) is 7.05 Å². The molecule has 0 unspecified atom stereocenters. The summed E-state index contributed by atoms with van der Waals surface area (Å²) in [7, 11) is 2.02. The standard InChI is InChI=1S/C36H31FNO/c1-23-13-18-29-30-19-20-31(37)34(36(30)39-35(29)33(23)32-12-5-6-21-38(32)2)26-16-14-25(15-17-26)28-11-7-10-27(22-28)24-8-3-4-9-24/h5-7,10-22,24H,3-4,8-9H2,1-2H3/q+1/i24D. The lowest BCUT2D eigenvalue weighted by Crippen LogP contribution is -2.30. The number of hydrogen-bond acceptors (Lipinski definition) is 1. The number of hydrogen-bond donors (Lipinski definition) is 0. The second-order valence-corrected chi connectivity index (χ2v) is 10.7. The van der Waals surface area contributed by atoms with Crippen LogP contribution in [0.3, 0.4) is 0 Å². The highest BCUT2D eigenvalue weighted by atomic mass is 19.1. The zero-order valence-electron chi connectivity index (χ0n) is 23.3. The minimum absolute atomic E-state index is 0.303. The van der Waals surface area contributed by atoms with Crippen molar-refractivity contribution >= 4 is 21.9 Å². The molecule has 0 atom stereocenters. The Bertz CT molecular complexity index is 1900. The Morgan fingerprint density at radius 3 is 2.26 bits per heavy atom. The largest absolute Gasteiger partial charge is 0.454 e. The Morgan fingerprint density at radius 1 is 0.769 bits per heavy atom. The first-order chi connectivity index (χ1) is 19.4. The molecule has 0 bridgehead atoms. The van der Waals surface area contributed by atoms with E-state index < -0.39 is 5.89 Å². The summed E-state index contributed by atoms with van der Waals surface area (Å²) in [6, 6.07) is 30.1. The number of aryl methyl sites for hydroxylation is 2. The maximum absolute atomic E-state index is 15.5. The van der Waals surface area contributed by atoms with Crippen molar-refractivity contribution in [3.63, 3.8) is 0 Å². The summed E-state index contributed by atoms with van der Waals surface area (Å²) < 4.78 is 33.1. The lowest BCUT2D eigenvalue weighted by Gasteiger charge is -2.12. The maximum atomic E-state index is 15.5. The fraction of sp³-hybridized carbons (Fsp3) is 0.194. The second kappa shape index (κ2) is 9.50. The third-order valence-corrected chi connectivity index (χ3v) is 8.26. The van der Waals surface area contributed by atoms with Gasteiger partial charge < -0.3 is 4.42 Å². The Labute approximate surface area is 229 Å². The molecule has 1 fully saturated rings. The molecule has 1 aliphatic rings. The summed E-state index contributed by atoms with van der Waals surface area (Å²) in [4.78, 5) is 0. The van der Waals surface area contributed by atoms with Crippen LogP contribution in [0.25, 0.3) is 55.4 Å². The van der Waals surface area contributed by atoms with E-state index in [9.17, 15) is 0 Å². The van der Waals surface area contributed by atoms with Crippen LogP contribution in [0.15, 0.2) is 102 Å². The average molecular weight is 514 g/mol. The van der Waals surface area contributed by atoms with E-state index in [1.54, 1.807) is 6.07 Å². The number of rotatable bonds is 4. The van der Waals surface area contributed by atoms with Crippen molar-refractivity contribution in [1.82, 2.24) is 0 Å². The van der Waals surface area contributed by atoms with E-state index >= 15 is 4.39 Å². The van der Waals surface area contributed by atoms with Crippen LogP contribution in [-0.4, -0.2) is 0 Å². The average Bonchev–Trinajstić information content (AvgIpc) is 3.58. The summed E-state index contributed by atoms with van der Waals surface area (Å²) in [6.45, 7) is 2.08. The Balaban J connectivity index is 1.34. The molecule has 39 heavy (non-hydrogen) atoms. The molecule has 2 aromatic heterocycles. The summed E-state index contributed by atoms with van der Waals surface area (Å²) in [5, 5.41) is 1.88. The molecule has 7 rings (SSSR count). The highest BCUT2D eigenvalue weighted by Crippen LogP contribution is 2.42. The Morgan fingerprint density at radius 2 is 1.49 bits per heavy atom. The monoisotopic (exact) mass is 513 g/mol. The van der Waals surface area contributed by atoms with Crippen molar-refractivity contribution in [3.05, 3.63) is 114 Å². The number of benzene rings is 4. The summed E-state index contributed by atoms with van der Waals surface area (Å²) in [5.41, 5.74) is 8.99. The summed E-state index contributed by atoms with van der Waals surface area (Å²) >= 11 is 0. The van der Waals surface area contributed by atoms with Gasteiger partial charge in [-0.25, -0.2) is 8.96 Å². The third-order valence-electron chi connectivity index (χ3n) is 8.26. The molecule has 0 spiro atoms. The smallest absolute Gasteiger partial charge is 0.216 e. The van der Waals surface area contributed by atoms with E-state index in [-0.39, 0.29) is 5.82 Å². The minimum Gasteiger partial charge on any atom is -0.454 e. The molecule has 0 N–H and O–H groups in total. The molecular formula is C36H31FNO+. The highest BCUT2D eigenvalue weighted by molar-refractivity contribution is 6.13. The van der Waals surface area contributed by atoms with E-state index in [0.29, 0.717) is 11.1 Å². The van der Waals surface area contributed by atoms with Gasteiger partial charge in [0.1, 0.15) is 24.0 Å². The van der Waals surface area contributed by atoms with Crippen LogP contribution in [0.1, 0.15) is 44.1 Å². The van der Waals surface area contributed by atoms with E-state index in [2.05, 4.69) is 47.9 Å². The number of furan rings is 1. The van der Waals surface area contributed by atoms with Gasteiger partial charge in [0.25, 0.3) is 0 Å². The van der Waals surface area contributed by atoms with Crippen LogP contribution in [0.5, 0.6) is 0 Å². The topological polar surface area (TPSA) is 17.0 Å². The Kier molecular flexibility index (Phi) is 5.53. The number of aromatic nitrogens is 1. The van der Waals surface area contributed by atoms with Crippen molar-refractivity contribution in [3.8, 4) is 33.5 Å². The van der Waals surface area contributed by atoms with Gasteiger partial charge in [-0.15, -0.1) is 0 Å². The SMILES string of the molecule is [2H]C1(c2cccc(-c3ccc(-c4c(F)ccc5c4oc4c(-c6cccc[n+]6C)c(C)ccc45)cc3)c2)CCCC1. The van der Waals surface area contributed by atoms with Gasteiger partial charge >= 0.3 is 0 Å². The van der Waals surface area contributed by atoms with E-state index in [4.69, 9.17) is 5.79 Å². The summed E-state index contributed by atoms with van der Waals surface area (Å²) in [6.07, 6.45) is 6.09. The van der Waals surface area contributed by atoms with Crippen LogP contribution in [0, 0.1) is 12.7 Å². The van der Waals surface area contributed by atoms with Crippen molar-refractivity contribution in [2.45, 2.75) is 38.5 Å². The zero-order valence-corrected chi connectivity index (χ0v) is 22.3. The van der Waals surface area contributed by atoms with Crippen molar-refractivity contribution < 1.29 is 14.7 Å². The van der Waals surface area contributed by atoms with Crippen molar-refractivity contribution in [2.75, 3.05) is 0 Å². The van der Waals surface area contributed by atoms with Gasteiger partial charge in [-0.05, 0) is 71.7 Å². The number of nitrogens with zero attached hydrogens (tertiary/aromatic N) is 1. The zero-order chi connectivity index (χ0) is 27.4. The van der Waals surface area contributed by atoms with Crippen molar-refractivity contribution in [1.29, 1.82) is 0 Å². The lowest BCUT2D eigenvalue weighted by atomic mass is 9.93. The normalized spacial score (nSPS) is 15.2. The molecule has 1 aliphatic carbocycles. The molecule has 6 aromatic rings.